The van der Waals surface area contributed by atoms with Gasteiger partial charge in [-0.25, -0.2) is 4.99 Å². The number of ether oxygens (including phenoxy) is 1. The molecule has 0 aromatic heterocycles. The number of nitrogens with two attached hydrogens (primary N) is 1. The molecule has 0 bridgehead atoms. The second-order valence-electron chi connectivity index (χ2n) is 10.6. The largest absolute Gasteiger partial charge is 0.486 e. The van der Waals surface area contributed by atoms with Gasteiger partial charge in [0.1, 0.15) is 11.4 Å². The lowest BCUT2D eigenvalue weighted by Gasteiger charge is -2.38. The Morgan fingerprint density at radius 1 is 1.29 bits per heavy atom. The number of hydrogen-bond acceptors (Lipinski definition) is 5. The Hall–Kier alpha value is -2.28. The van der Waals surface area contributed by atoms with Crippen LogP contribution in [0.2, 0.25) is 5.02 Å². The first-order chi connectivity index (χ1) is 14.3. The van der Waals surface area contributed by atoms with E-state index in [0.717, 1.165) is 5.56 Å². The summed E-state index contributed by atoms with van der Waals surface area (Å²) in [5, 5.41) is 3.75. The SMILES string of the molecule is CC1(C)CC(=O)N(C[C@@]2(C)CC2C(=O)NC2CC(C)(C)Oc3c(Cl)cccc32)C(N)=N1. The molecule has 2 aliphatic heterocycles. The van der Waals surface area contributed by atoms with Crippen LogP contribution in [-0.4, -0.2) is 40.4 Å². The van der Waals surface area contributed by atoms with Gasteiger partial charge in [-0.3, -0.25) is 14.5 Å². The summed E-state index contributed by atoms with van der Waals surface area (Å²) < 4.78 is 6.07. The number of aliphatic imine (C=N–C) groups is 1. The standard InChI is InChI=1S/C23H31ClN4O3/c1-21(2)11-17(29)28(20(25)27-21)12-23(5)9-14(23)19(30)26-16-10-22(3,4)31-18-13(16)7-6-8-15(18)24/h6-8,14,16H,9-12H2,1-5H3,(H2,25,27)(H,26,30)/t14?,16?,23-/m1/s1. The van der Waals surface area contributed by atoms with Crippen molar-refractivity contribution in [2.75, 3.05) is 6.54 Å². The summed E-state index contributed by atoms with van der Waals surface area (Å²) in [7, 11) is 0. The van der Waals surface area contributed by atoms with Crippen LogP contribution in [-0.2, 0) is 9.59 Å². The molecule has 31 heavy (non-hydrogen) atoms. The van der Waals surface area contributed by atoms with Gasteiger partial charge in [-0.15, -0.1) is 0 Å². The maximum Gasteiger partial charge on any atom is 0.231 e. The molecular weight excluding hydrogens is 416 g/mol. The Kier molecular flexibility index (Phi) is 5.04. The molecule has 0 saturated heterocycles. The highest BCUT2D eigenvalue weighted by atomic mass is 35.5. The number of nitrogens with zero attached hydrogens (tertiary/aromatic N) is 2. The van der Waals surface area contributed by atoms with Gasteiger partial charge in [0.25, 0.3) is 0 Å². The van der Waals surface area contributed by atoms with E-state index in [2.05, 4.69) is 10.3 Å². The molecule has 2 amide bonds. The topological polar surface area (TPSA) is 97.0 Å². The normalized spacial score (nSPS) is 30.7. The fraction of sp³-hybridized carbons (Fsp3) is 0.609. The molecule has 1 saturated carbocycles. The van der Waals surface area contributed by atoms with Gasteiger partial charge in [-0.05, 0) is 45.6 Å². The third kappa shape index (κ3) is 4.25. The van der Waals surface area contributed by atoms with E-state index in [9.17, 15) is 9.59 Å². The molecule has 1 aliphatic carbocycles. The third-order valence-corrected chi connectivity index (χ3v) is 6.83. The molecule has 0 radical (unpaired) electrons. The molecule has 1 fully saturated rings. The van der Waals surface area contributed by atoms with Crippen LogP contribution in [0.5, 0.6) is 5.75 Å². The van der Waals surface area contributed by atoms with E-state index in [0.29, 0.717) is 36.6 Å². The van der Waals surface area contributed by atoms with E-state index in [-0.39, 0.29) is 35.1 Å². The Labute approximate surface area is 188 Å². The van der Waals surface area contributed by atoms with Crippen LogP contribution in [0, 0.1) is 11.3 Å². The minimum Gasteiger partial charge on any atom is -0.486 e. The predicted octanol–water partition coefficient (Wildman–Crippen LogP) is 3.41. The third-order valence-electron chi connectivity index (χ3n) is 6.53. The first-order valence-corrected chi connectivity index (χ1v) is 11.1. The number of guanidine groups is 1. The van der Waals surface area contributed by atoms with Gasteiger partial charge >= 0.3 is 0 Å². The van der Waals surface area contributed by atoms with Crippen LogP contribution in [0.25, 0.3) is 0 Å². The molecule has 3 N–H and O–H groups in total. The molecule has 0 spiro atoms. The van der Waals surface area contributed by atoms with Crippen molar-refractivity contribution in [1.29, 1.82) is 0 Å². The van der Waals surface area contributed by atoms with E-state index in [4.69, 9.17) is 22.1 Å². The minimum atomic E-state index is -0.483. The molecule has 168 valence electrons. The number of hydrogen-bond donors (Lipinski definition) is 2. The molecule has 3 aliphatic rings. The minimum absolute atomic E-state index is 0.0172. The van der Waals surface area contributed by atoms with Crippen molar-refractivity contribution < 1.29 is 14.3 Å². The number of nitrogens with one attached hydrogen (secondary N) is 1. The van der Waals surface area contributed by atoms with Crippen molar-refractivity contribution in [2.24, 2.45) is 22.1 Å². The van der Waals surface area contributed by atoms with E-state index in [1.165, 1.54) is 4.90 Å². The van der Waals surface area contributed by atoms with Crippen LogP contribution >= 0.6 is 11.6 Å². The van der Waals surface area contributed by atoms with Gasteiger partial charge < -0.3 is 15.8 Å². The molecule has 4 rings (SSSR count). The Morgan fingerprint density at radius 3 is 2.68 bits per heavy atom. The number of halogens is 1. The number of carbonyl (C=O) groups excluding carboxylic acids is 2. The Bertz CT molecular complexity index is 974. The maximum atomic E-state index is 13.2. The molecule has 1 aromatic carbocycles. The second kappa shape index (κ2) is 7.12. The smallest absolute Gasteiger partial charge is 0.231 e. The van der Waals surface area contributed by atoms with Gasteiger partial charge in [0.05, 0.1) is 23.0 Å². The Morgan fingerprint density at radius 2 is 2.00 bits per heavy atom. The van der Waals surface area contributed by atoms with Gasteiger partial charge in [-0.2, -0.15) is 0 Å². The van der Waals surface area contributed by atoms with Crippen LogP contribution in [0.4, 0.5) is 0 Å². The number of amides is 2. The summed E-state index contributed by atoms with van der Waals surface area (Å²) in [5.74, 6) is 0.630. The summed E-state index contributed by atoms with van der Waals surface area (Å²) >= 11 is 6.35. The Balaban J connectivity index is 1.47. The van der Waals surface area contributed by atoms with Crippen LogP contribution < -0.4 is 15.8 Å². The van der Waals surface area contributed by atoms with Crippen LogP contribution in [0.15, 0.2) is 23.2 Å². The van der Waals surface area contributed by atoms with Crippen molar-refractivity contribution in [3.63, 3.8) is 0 Å². The number of benzene rings is 1. The summed E-state index contributed by atoms with van der Waals surface area (Å²) in [6.07, 6.45) is 1.67. The summed E-state index contributed by atoms with van der Waals surface area (Å²) in [6.45, 7) is 10.2. The van der Waals surface area contributed by atoms with E-state index < -0.39 is 11.1 Å². The lowest BCUT2D eigenvalue weighted by Crippen LogP contribution is -2.52. The van der Waals surface area contributed by atoms with Crippen LogP contribution in [0.3, 0.4) is 0 Å². The highest BCUT2D eigenvalue weighted by molar-refractivity contribution is 6.32. The zero-order valence-corrected chi connectivity index (χ0v) is 19.5. The van der Waals surface area contributed by atoms with Crippen molar-refractivity contribution in [3.05, 3.63) is 28.8 Å². The highest BCUT2D eigenvalue weighted by Gasteiger charge is 2.57. The fourth-order valence-corrected chi connectivity index (χ4v) is 4.97. The van der Waals surface area contributed by atoms with Crippen molar-refractivity contribution in [3.8, 4) is 5.75 Å². The zero-order chi connectivity index (χ0) is 22.8. The van der Waals surface area contributed by atoms with E-state index >= 15 is 0 Å². The molecule has 2 unspecified atom stereocenters. The fourth-order valence-electron chi connectivity index (χ4n) is 4.75. The average Bonchev–Trinajstić information content (AvgIpc) is 3.30. The lowest BCUT2D eigenvalue weighted by atomic mass is 9.89. The van der Waals surface area contributed by atoms with Gasteiger partial charge in [0.2, 0.25) is 11.8 Å². The van der Waals surface area contributed by atoms with Crippen LogP contribution in [0.1, 0.15) is 65.5 Å². The highest BCUT2D eigenvalue weighted by Crippen LogP contribution is 2.54. The monoisotopic (exact) mass is 446 g/mol. The average molecular weight is 447 g/mol. The first kappa shape index (κ1) is 21.9. The van der Waals surface area contributed by atoms with Crippen molar-refractivity contribution in [2.45, 2.75) is 71.1 Å². The predicted molar refractivity (Wildman–Crippen MR) is 120 cm³/mol. The van der Waals surface area contributed by atoms with Crippen molar-refractivity contribution >= 4 is 29.4 Å². The summed E-state index contributed by atoms with van der Waals surface area (Å²) in [6, 6.07) is 5.42. The zero-order valence-electron chi connectivity index (χ0n) is 18.8. The number of carbonyl (C=O) groups is 2. The van der Waals surface area contributed by atoms with Gasteiger partial charge in [-0.1, -0.05) is 30.7 Å². The van der Waals surface area contributed by atoms with E-state index in [1.807, 2.05) is 46.8 Å². The summed E-state index contributed by atoms with van der Waals surface area (Å²) in [4.78, 5) is 31.7. The van der Waals surface area contributed by atoms with Crippen molar-refractivity contribution in [1.82, 2.24) is 10.2 Å². The lowest BCUT2D eigenvalue weighted by molar-refractivity contribution is -0.131. The van der Waals surface area contributed by atoms with Gasteiger partial charge in [0.15, 0.2) is 5.96 Å². The number of rotatable bonds is 4. The quantitative estimate of drug-likeness (QED) is 0.740. The number of fused-ring (bicyclic) bond motifs is 1. The second-order valence-corrected chi connectivity index (χ2v) is 11.0. The number of para-hydroxylation sites is 1. The molecule has 3 atom stereocenters. The van der Waals surface area contributed by atoms with Gasteiger partial charge in [0, 0.05) is 24.4 Å². The molecule has 8 heteroatoms. The first-order valence-electron chi connectivity index (χ1n) is 10.7. The molecular formula is C23H31ClN4O3. The molecule has 2 heterocycles. The molecule has 7 nitrogen and oxygen atoms in total. The molecule has 1 aromatic rings. The summed E-state index contributed by atoms with van der Waals surface area (Å²) in [5.41, 5.74) is 5.73. The maximum absolute atomic E-state index is 13.2. The van der Waals surface area contributed by atoms with E-state index in [1.54, 1.807) is 6.07 Å².